The molecule has 1 saturated heterocycles. The number of amides is 1. The quantitative estimate of drug-likeness (QED) is 0.820. The van der Waals surface area contributed by atoms with Gasteiger partial charge in [0.1, 0.15) is 6.04 Å². The van der Waals surface area contributed by atoms with Crippen LogP contribution in [0.15, 0.2) is 30.3 Å². The Bertz CT molecular complexity index is 612. The lowest BCUT2D eigenvalue weighted by atomic mass is 10.0. The number of benzene rings is 1. The van der Waals surface area contributed by atoms with Gasteiger partial charge in [0.15, 0.2) is 9.84 Å². The Kier molecular flexibility index (Phi) is 6.18. The van der Waals surface area contributed by atoms with Crippen molar-refractivity contribution in [3.8, 4) is 0 Å². The summed E-state index contributed by atoms with van der Waals surface area (Å²) in [7, 11) is -2.90. The molecule has 0 spiro atoms. The highest BCUT2D eigenvalue weighted by atomic mass is 32.2. The van der Waals surface area contributed by atoms with E-state index in [1.807, 2.05) is 44.2 Å². The predicted molar refractivity (Wildman–Crippen MR) is 91.9 cm³/mol. The molecule has 1 aromatic rings. The van der Waals surface area contributed by atoms with Crippen LogP contribution in [0.2, 0.25) is 0 Å². The van der Waals surface area contributed by atoms with Crippen LogP contribution in [0.4, 0.5) is 0 Å². The van der Waals surface area contributed by atoms with Gasteiger partial charge in [-0.1, -0.05) is 44.2 Å². The fraction of sp³-hybridized carbons (Fsp3) is 0.588. The number of carbonyl (C=O) groups is 1. The summed E-state index contributed by atoms with van der Waals surface area (Å²) in [5.41, 5.74) is 0.966. The summed E-state index contributed by atoms with van der Waals surface area (Å²) >= 11 is 0. The summed E-state index contributed by atoms with van der Waals surface area (Å²) in [6.45, 7) is 6.07. The van der Waals surface area contributed by atoms with Gasteiger partial charge >= 0.3 is 0 Å². The molecule has 1 aliphatic heterocycles. The molecule has 0 unspecified atom stereocenters. The molecule has 0 radical (unpaired) electrons. The number of hydrogen-bond donors (Lipinski definition) is 1. The van der Waals surface area contributed by atoms with Gasteiger partial charge in [-0.2, -0.15) is 0 Å². The maximum Gasteiger partial charge on any atom is 0.241 e. The summed E-state index contributed by atoms with van der Waals surface area (Å²) in [4.78, 5) is 14.8. The van der Waals surface area contributed by atoms with E-state index in [4.69, 9.17) is 0 Å². The second kappa shape index (κ2) is 7.93. The molecule has 23 heavy (non-hydrogen) atoms. The van der Waals surface area contributed by atoms with Gasteiger partial charge in [-0.3, -0.25) is 9.69 Å². The molecule has 1 heterocycles. The SMILES string of the molecule is CCN(CC)[C@@H](C(=O)NC[C@@H]1CCS(=O)(=O)C1)c1ccccc1. The zero-order valence-electron chi connectivity index (χ0n) is 13.9. The third-order valence-corrected chi connectivity index (χ3v) is 6.27. The highest BCUT2D eigenvalue weighted by molar-refractivity contribution is 7.91. The summed E-state index contributed by atoms with van der Waals surface area (Å²) in [5, 5.41) is 2.97. The maximum atomic E-state index is 12.7. The minimum Gasteiger partial charge on any atom is -0.354 e. The van der Waals surface area contributed by atoms with E-state index in [0.717, 1.165) is 18.7 Å². The molecule has 1 N–H and O–H groups in total. The largest absolute Gasteiger partial charge is 0.354 e. The van der Waals surface area contributed by atoms with Gasteiger partial charge in [0.05, 0.1) is 11.5 Å². The van der Waals surface area contributed by atoms with Crippen molar-refractivity contribution in [2.75, 3.05) is 31.1 Å². The van der Waals surface area contributed by atoms with E-state index in [1.165, 1.54) is 0 Å². The molecular formula is C17H26N2O3S. The van der Waals surface area contributed by atoms with Crippen LogP contribution in [0.3, 0.4) is 0 Å². The van der Waals surface area contributed by atoms with Crippen molar-refractivity contribution in [1.29, 1.82) is 0 Å². The Balaban J connectivity index is 2.05. The number of hydrogen-bond acceptors (Lipinski definition) is 4. The minimum atomic E-state index is -2.90. The van der Waals surface area contributed by atoms with Gasteiger partial charge < -0.3 is 5.32 Å². The van der Waals surface area contributed by atoms with Gasteiger partial charge in [-0.15, -0.1) is 0 Å². The maximum absolute atomic E-state index is 12.7. The molecule has 1 amide bonds. The van der Waals surface area contributed by atoms with Crippen molar-refractivity contribution < 1.29 is 13.2 Å². The molecule has 6 heteroatoms. The monoisotopic (exact) mass is 338 g/mol. The molecular weight excluding hydrogens is 312 g/mol. The molecule has 5 nitrogen and oxygen atoms in total. The second-order valence-corrected chi connectivity index (χ2v) is 8.28. The topological polar surface area (TPSA) is 66.5 Å². The van der Waals surface area contributed by atoms with Crippen molar-refractivity contribution in [2.45, 2.75) is 26.3 Å². The van der Waals surface area contributed by atoms with E-state index >= 15 is 0 Å². The van der Waals surface area contributed by atoms with E-state index in [0.29, 0.717) is 13.0 Å². The van der Waals surface area contributed by atoms with Crippen molar-refractivity contribution in [1.82, 2.24) is 10.2 Å². The van der Waals surface area contributed by atoms with E-state index in [9.17, 15) is 13.2 Å². The number of rotatable bonds is 7. The van der Waals surface area contributed by atoms with Crippen molar-refractivity contribution in [2.24, 2.45) is 5.92 Å². The molecule has 0 bridgehead atoms. The zero-order chi connectivity index (χ0) is 16.9. The highest BCUT2D eigenvalue weighted by Crippen LogP contribution is 2.22. The second-order valence-electron chi connectivity index (χ2n) is 6.05. The highest BCUT2D eigenvalue weighted by Gasteiger charge is 2.30. The average Bonchev–Trinajstić information content (AvgIpc) is 2.90. The van der Waals surface area contributed by atoms with Crippen LogP contribution >= 0.6 is 0 Å². The average molecular weight is 338 g/mol. The van der Waals surface area contributed by atoms with E-state index < -0.39 is 9.84 Å². The Morgan fingerprint density at radius 1 is 1.26 bits per heavy atom. The molecule has 128 valence electrons. The van der Waals surface area contributed by atoms with Crippen LogP contribution in [0.1, 0.15) is 31.9 Å². The van der Waals surface area contributed by atoms with Gasteiger partial charge in [0.2, 0.25) is 5.91 Å². The lowest BCUT2D eigenvalue weighted by molar-refractivity contribution is -0.126. The lowest BCUT2D eigenvalue weighted by Crippen LogP contribution is -2.42. The first-order valence-corrected chi connectivity index (χ1v) is 10.1. The van der Waals surface area contributed by atoms with Crippen LogP contribution < -0.4 is 5.32 Å². The third kappa shape index (κ3) is 4.78. The van der Waals surface area contributed by atoms with Crippen molar-refractivity contribution >= 4 is 15.7 Å². The van der Waals surface area contributed by atoms with Crippen molar-refractivity contribution in [3.05, 3.63) is 35.9 Å². The summed E-state index contributed by atoms with van der Waals surface area (Å²) in [6.07, 6.45) is 0.643. The summed E-state index contributed by atoms with van der Waals surface area (Å²) < 4.78 is 23.0. The molecule has 0 aromatic heterocycles. The van der Waals surface area contributed by atoms with E-state index in [1.54, 1.807) is 0 Å². The fourth-order valence-electron chi connectivity index (χ4n) is 3.13. The molecule has 0 saturated carbocycles. The van der Waals surface area contributed by atoms with Crippen LogP contribution in [0, 0.1) is 5.92 Å². The van der Waals surface area contributed by atoms with Gasteiger partial charge in [-0.05, 0) is 31.0 Å². The van der Waals surface area contributed by atoms with E-state index in [2.05, 4.69) is 10.2 Å². The molecule has 0 aliphatic carbocycles. The number of nitrogens with zero attached hydrogens (tertiary/aromatic N) is 1. The Hall–Kier alpha value is -1.40. The Morgan fingerprint density at radius 3 is 2.43 bits per heavy atom. The van der Waals surface area contributed by atoms with Gasteiger partial charge in [0, 0.05) is 6.54 Å². The smallest absolute Gasteiger partial charge is 0.241 e. The number of likely N-dealkylation sites (N-methyl/N-ethyl adjacent to an activating group) is 1. The molecule has 1 fully saturated rings. The minimum absolute atomic E-state index is 0.0390. The third-order valence-electron chi connectivity index (χ3n) is 4.43. The molecule has 1 aromatic carbocycles. The van der Waals surface area contributed by atoms with Crippen LogP contribution in [0.5, 0.6) is 0 Å². The fourth-order valence-corrected chi connectivity index (χ4v) is 4.99. The summed E-state index contributed by atoms with van der Waals surface area (Å²) in [5.74, 6) is 0.418. The lowest BCUT2D eigenvalue weighted by Gasteiger charge is -2.29. The predicted octanol–water partition coefficient (Wildman–Crippen LogP) is 1.62. The van der Waals surface area contributed by atoms with Gasteiger partial charge in [-0.25, -0.2) is 8.42 Å². The van der Waals surface area contributed by atoms with Gasteiger partial charge in [0.25, 0.3) is 0 Å². The van der Waals surface area contributed by atoms with E-state index in [-0.39, 0.29) is 29.4 Å². The standard InChI is InChI=1S/C17H26N2O3S/c1-3-19(4-2)16(15-8-6-5-7-9-15)17(20)18-12-14-10-11-23(21,22)13-14/h5-9,14,16H,3-4,10-13H2,1-2H3,(H,18,20)/t14-,16+/m0/s1. The van der Waals surface area contributed by atoms with Crippen LogP contribution in [-0.4, -0.2) is 50.4 Å². The number of carbonyl (C=O) groups excluding carboxylic acids is 1. The molecule has 2 rings (SSSR count). The first kappa shape index (κ1) is 17.9. The number of nitrogens with one attached hydrogen (secondary N) is 1. The molecule has 1 aliphatic rings. The molecule has 2 atom stereocenters. The van der Waals surface area contributed by atoms with Crippen molar-refractivity contribution in [3.63, 3.8) is 0 Å². The first-order valence-electron chi connectivity index (χ1n) is 8.24. The number of sulfone groups is 1. The Labute approximate surface area is 139 Å². The zero-order valence-corrected chi connectivity index (χ0v) is 14.7. The summed E-state index contributed by atoms with van der Waals surface area (Å²) in [6, 6.07) is 9.39. The van der Waals surface area contributed by atoms with Crippen LogP contribution in [-0.2, 0) is 14.6 Å². The van der Waals surface area contributed by atoms with Crippen LogP contribution in [0.25, 0.3) is 0 Å². The first-order chi connectivity index (χ1) is 11.0. The normalized spacial score (nSPS) is 21.3. The Morgan fingerprint density at radius 2 is 1.91 bits per heavy atom.